The van der Waals surface area contributed by atoms with Gasteiger partial charge in [0.2, 0.25) is 0 Å². The van der Waals surface area contributed by atoms with Gasteiger partial charge in [0.15, 0.2) is 0 Å². The largest absolute Gasteiger partial charge is 0.369 e. The summed E-state index contributed by atoms with van der Waals surface area (Å²) in [6.07, 6.45) is 3.60. The number of rotatable bonds is 16. The molecule has 0 saturated carbocycles. The van der Waals surface area contributed by atoms with Gasteiger partial charge in [-0.25, -0.2) is 5.43 Å². The van der Waals surface area contributed by atoms with Crippen LogP contribution in [0, 0.1) is 13.8 Å². The van der Waals surface area contributed by atoms with E-state index in [4.69, 9.17) is 51.5 Å². The fourth-order valence-electron chi connectivity index (χ4n) is 5.41. The molecule has 3 aromatic rings. The number of nitrogens with one attached hydrogen (secondary N) is 1. The molecule has 1 saturated heterocycles. The van der Waals surface area contributed by atoms with E-state index in [9.17, 15) is 4.79 Å². The topological polar surface area (TPSA) is 66.8 Å². The first kappa shape index (κ1) is 36.7. The Balaban J connectivity index is 1.26. The van der Waals surface area contributed by atoms with Crippen molar-refractivity contribution in [3.05, 3.63) is 88.5 Å². The average Bonchev–Trinajstić information content (AvgIpc) is 3.08. The molecule has 0 aromatic heterocycles. The molecule has 0 spiro atoms. The Hall–Kier alpha value is -3.17. The number of hydrazone groups is 2. The van der Waals surface area contributed by atoms with E-state index in [1.807, 2.05) is 49.5 Å². The Morgan fingerprint density at radius 2 is 1.21 bits per heavy atom. The van der Waals surface area contributed by atoms with Crippen LogP contribution in [0.15, 0.2) is 70.9 Å². The molecule has 3 aromatic carbocycles. The van der Waals surface area contributed by atoms with Crippen molar-refractivity contribution in [2.24, 2.45) is 10.2 Å². The van der Waals surface area contributed by atoms with E-state index in [0.29, 0.717) is 29.1 Å². The maximum atomic E-state index is 12.8. The van der Waals surface area contributed by atoms with Gasteiger partial charge in [0.25, 0.3) is 5.91 Å². The smallest absolute Gasteiger partial charge is 0.271 e. The van der Waals surface area contributed by atoms with Crippen molar-refractivity contribution < 1.29 is 4.79 Å². The van der Waals surface area contributed by atoms with Crippen molar-refractivity contribution in [1.82, 2.24) is 10.4 Å². The lowest BCUT2D eigenvalue weighted by atomic mass is 10.1. The number of nitrogens with zero attached hydrogens (tertiary/aromatic N) is 6. The third-order valence-electron chi connectivity index (χ3n) is 8.14. The van der Waals surface area contributed by atoms with Crippen LogP contribution in [0.2, 0.25) is 0 Å². The van der Waals surface area contributed by atoms with Gasteiger partial charge in [-0.15, -0.1) is 46.4 Å². The predicted octanol–water partition coefficient (Wildman–Crippen LogP) is 6.79. The minimum absolute atomic E-state index is 0.259. The molecule has 47 heavy (non-hydrogen) atoms. The van der Waals surface area contributed by atoms with Crippen molar-refractivity contribution in [3.8, 4) is 0 Å². The Labute approximate surface area is 298 Å². The van der Waals surface area contributed by atoms with E-state index in [1.54, 1.807) is 6.21 Å². The summed E-state index contributed by atoms with van der Waals surface area (Å²) in [4.78, 5) is 19.4. The highest BCUT2D eigenvalue weighted by Crippen LogP contribution is 2.21. The molecule has 1 fully saturated rings. The van der Waals surface area contributed by atoms with Crippen LogP contribution >= 0.6 is 46.4 Å². The zero-order chi connectivity index (χ0) is 33.6. The zero-order valence-corrected chi connectivity index (χ0v) is 30.0. The third kappa shape index (κ3) is 10.7. The van der Waals surface area contributed by atoms with Gasteiger partial charge in [-0.3, -0.25) is 9.80 Å². The van der Waals surface area contributed by atoms with Crippen LogP contribution in [0.25, 0.3) is 0 Å². The summed E-state index contributed by atoms with van der Waals surface area (Å²) >= 11 is 23.9. The highest BCUT2D eigenvalue weighted by Gasteiger charge is 2.17. The number of piperazine rings is 1. The summed E-state index contributed by atoms with van der Waals surface area (Å²) in [5, 5.41) is 11.1. The number of benzene rings is 3. The van der Waals surface area contributed by atoms with Crippen molar-refractivity contribution in [1.29, 1.82) is 0 Å². The van der Waals surface area contributed by atoms with Crippen LogP contribution in [0.5, 0.6) is 0 Å². The number of carbonyl (C=O) groups excluding carboxylic acids is 1. The Bertz CT molecular complexity index is 1480. The highest BCUT2D eigenvalue weighted by atomic mass is 35.5. The van der Waals surface area contributed by atoms with Gasteiger partial charge in [-0.1, -0.05) is 12.1 Å². The van der Waals surface area contributed by atoms with Gasteiger partial charge in [-0.2, -0.15) is 10.2 Å². The van der Waals surface area contributed by atoms with Gasteiger partial charge in [0.05, 0.1) is 25.5 Å². The molecule has 1 heterocycles. The predicted molar refractivity (Wildman–Crippen MR) is 203 cm³/mol. The zero-order valence-electron chi connectivity index (χ0n) is 27.0. The molecule has 8 nitrogen and oxygen atoms in total. The van der Waals surface area contributed by atoms with Crippen molar-refractivity contribution in [2.45, 2.75) is 13.8 Å². The number of alkyl halides is 4. The molecule has 0 unspecified atom stereocenters. The first-order valence-corrected chi connectivity index (χ1v) is 17.9. The lowest BCUT2D eigenvalue weighted by Gasteiger charge is -2.34. The van der Waals surface area contributed by atoms with Crippen LogP contribution in [0.1, 0.15) is 32.6 Å². The summed E-state index contributed by atoms with van der Waals surface area (Å²) in [6, 6.07) is 20.1. The molecule has 1 aliphatic heterocycles. The van der Waals surface area contributed by atoms with Gasteiger partial charge >= 0.3 is 0 Å². The van der Waals surface area contributed by atoms with Gasteiger partial charge in [0.1, 0.15) is 0 Å². The molecule has 1 N–H and O–H groups in total. The number of hydrogen-bond donors (Lipinski definition) is 1. The van der Waals surface area contributed by atoms with Crippen LogP contribution < -0.4 is 20.1 Å². The Kier molecular flexibility index (Phi) is 14.8. The molecule has 0 aliphatic carbocycles. The molecule has 1 amide bonds. The Morgan fingerprint density at radius 3 is 1.68 bits per heavy atom. The molecule has 0 radical (unpaired) electrons. The standard InChI is InChI=1S/C35H43Cl4N7O/c1-27-23-33(43(15-11-36)16-12-37)9-5-30(27)25-40-42-35(47)29-3-7-32(8-4-29)45-19-21-46(22-20-45)41-26-31-6-10-34(24-28(31)2)44(17-13-38)18-14-39/h3-10,23-26H,11-22H2,1-2H3,(H,42,47)/b40-25-,41-26+. The van der Waals surface area contributed by atoms with E-state index in [1.165, 1.54) is 0 Å². The Morgan fingerprint density at radius 1 is 0.723 bits per heavy atom. The van der Waals surface area contributed by atoms with Crippen molar-refractivity contribution in [3.63, 3.8) is 0 Å². The van der Waals surface area contributed by atoms with Crippen LogP contribution in [-0.4, -0.2) is 99.2 Å². The van der Waals surface area contributed by atoms with E-state index < -0.39 is 0 Å². The summed E-state index contributed by atoms with van der Waals surface area (Å²) in [6.45, 7) is 10.4. The molecule has 1 aliphatic rings. The van der Waals surface area contributed by atoms with Crippen LogP contribution in [-0.2, 0) is 0 Å². The summed E-state index contributed by atoms with van der Waals surface area (Å²) < 4.78 is 0. The first-order chi connectivity index (χ1) is 22.9. The maximum absolute atomic E-state index is 12.8. The second-order valence-corrected chi connectivity index (χ2v) is 12.8. The molecular weight excluding hydrogens is 676 g/mol. The van der Waals surface area contributed by atoms with Crippen LogP contribution in [0.4, 0.5) is 17.1 Å². The lowest BCUT2D eigenvalue weighted by Crippen LogP contribution is -2.44. The van der Waals surface area contributed by atoms with E-state index in [0.717, 1.165) is 91.7 Å². The number of aryl methyl sites for hydroxylation is 2. The molecule has 12 heteroatoms. The minimum atomic E-state index is -0.259. The molecule has 252 valence electrons. The quantitative estimate of drug-likeness (QED) is 0.100. The molecule has 4 rings (SSSR count). The highest BCUT2D eigenvalue weighted by molar-refractivity contribution is 6.19. The van der Waals surface area contributed by atoms with Gasteiger partial charge in [-0.05, 0) is 84.6 Å². The normalized spacial score (nSPS) is 13.5. The summed E-state index contributed by atoms with van der Waals surface area (Å²) in [7, 11) is 0. The van der Waals surface area contributed by atoms with Gasteiger partial charge < -0.3 is 14.7 Å². The maximum Gasteiger partial charge on any atom is 0.271 e. The van der Waals surface area contributed by atoms with Crippen molar-refractivity contribution in [2.75, 3.05) is 90.6 Å². The molecular formula is C35H43Cl4N7O. The van der Waals surface area contributed by atoms with E-state index in [2.05, 4.69) is 61.4 Å². The fourth-order valence-corrected chi connectivity index (χ4v) is 6.23. The summed E-state index contributed by atoms with van der Waals surface area (Å²) in [5.41, 5.74) is 10.7. The van der Waals surface area contributed by atoms with Gasteiger partial charge in [0, 0.05) is 85.4 Å². The lowest BCUT2D eigenvalue weighted by molar-refractivity contribution is 0.0955. The minimum Gasteiger partial charge on any atom is -0.369 e. The summed E-state index contributed by atoms with van der Waals surface area (Å²) in [5.74, 6) is 1.91. The first-order valence-electron chi connectivity index (χ1n) is 15.8. The number of hydrogen-bond acceptors (Lipinski definition) is 7. The average molecular weight is 720 g/mol. The SMILES string of the molecule is Cc1cc(N(CCCl)CCCl)ccc1/C=N\NC(=O)c1ccc(N2CCN(/N=C/c3ccc(N(CCCl)CCCl)cc3C)CC2)cc1. The number of anilines is 3. The second kappa shape index (κ2) is 19.0. The number of halogens is 4. The molecule has 0 atom stereocenters. The number of amides is 1. The second-order valence-electron chi connectivity index (χ2n) is 11.2. The third-order valence-corrected chi connectivity index (χ3v) is 8.81. The van der Waals surface area contributed by atoms with E-state index >= 15 is 0 Å². The monoisotopic (exact) mass is 717 g/mol. The van der Waals surface area contributed by atoms with Crippen LogP contribution in [0.3, 0.4) is 0 Å². The van der Waals surface area contributed by atoms with E-state index in [-0.39, 0.29) is 5.91 Å². The fraction of sp³-hybridized carbons (Fsp3) is 0.400. The number of carbonyl (C=O) groups is 1. The molecule has 0 bridgehead atoms. The van der Waals surface area contributed by atoms with Crippen molar-refractivity contribution >= 4 is 81.8 Å².